The number of ether oxygens (including phenoxy) is 2. The number of allylic oxidation sites excluding steroid dienone is 3. The maximum absolute atomic E-state index is 12.0. The number of methoxy groups -OCH3 is 2. The van der Waals surface area contributed by atoms with E-state index < -0.39 is 23.3 Å². The minimum absolute atomic E-state index is 0.0237. The minimum Gasteiger partial charge on any atom is -0.478 e. The van der Waals surface area contributed by atoms with E-state index >= 15 is 0 Å². The zero-order chi connectivity index (χ0) is 15.5. The molecular formula is C14H18O6. The van der Waals surface area contributed by atoms with Crippen molar-refractivity contribution < 1.29 is 29.0 Å². The predicted octanol–water partition coefficient (Wildman–Crippen LogP) is 1.46. The van der Waals surface area contributed by atoms with E-state index in [2.05, 4.69) is 0 Å². The van der Waals surface area contributed by atoms with E-state index in [1.54, 1.807) is 13.0 Å². The quantitative estimate of drug-likeness (QED) is 0.479. The molecule has 0 aromatic carbocycles. The van der Waals surface area contributed by atoms with Gasteiger partial charge in [-0.05, 0) is 31.4 Å². The zero-order valence-electron chi connectivity index (χ0n) is 12.0. The molecule has 20 heavy (non-hydrogen) atoms. The highest BCUT2D eigenvalue weighted by Gasteiger charge is 2.54. The first kappa shape index (κ1) is 15.9. The summed E-state index contributed by atoms with van der Waals surface area (Å²) in [5.41, 5.74) is -0.235. The molecule has 1 aliphatic carbocycles. The lowest BCUT2D eigenvalue weighted by molar-refractivity contribution is -0.168. The van der Waals surface area contributed by atoms with Crippen molar-refractivity contribution in [1.82, 2.24) is 0 Å². The second-order valence-corrected chi connectivity index (χ2v) is 4.64. The van der Waals surface area contributed by atoms with Gasteiger partial charge in [-0.25, -0.2) is 4.79 Å². The normalized spacial score (nSPS) is 21.5. The van der Waals surface area contributed by atoms with E-state index in [-0.39, 0.29) is 18.4 Å². The Labute approximate surface area is 117 Å². The second-order valence-electron chi connectivity index (χ2n) is 4.64. The molecule has 0 radical (unpaired) electrons. The van der Waals surface area contributed by atoms with Gasteiger partial charge >= 0.3 is 17.9 Å². The summed E-state index contributed by atoms with van der Waals surface area (Å²) >= 11 is 0. The van der Waals surface area contributed by atoms with Gasteiger partial charge in [0.2, 0.25) is 0 Å². The molecule has 0 unspecified atom stereocenters. The summed E-state index contributed by atoms with van der Waals surface area (Å²) in [5, 5.41) is 9.10. The topological polar surface area (TPSA) is 89.9 Å². The van der Waals surface area contributed by atoms with Crippen LogP contribution in [-0.4, -0.2) is 37.2 Å². The van der Waals surface area contributed by atoms with Crippen molar-refractivity contribution in [3.8, 4) is 0 Å². The van der Waals surface area contributed by atoms with Gasteiger partial charge in [0.25, 0.3) is 0 Å². The summed E-state index contributed by atoms with van der Waals surface area (Å²) in [6.07, 6.45) is 1.77. The summed E-state index contributed by atoms with van der Waals surface area (Å²) in [4.78, 5) is 35.2. The molecule has 6 nitrogen and oxygen atoms in total. The highest BCUT2D eigenvalue weighted by atomic mass is 16.5. The number of hydrogen-bond donors (Lipinski definition) is 1. The fraction of sp³-hybridized carbons (Fsp3) is 0.500. The van der Waals surface area contributed by atoms with Gasteiger partial charge in [-0.2, -0.15) is 0 Å². The zero-order valence-corrected chi connectivity index (χ0v) is 12.0. The van der Waals surface area contributed by atoms with Gasteiger partial charge in [0, 0.05) is 12.0 Å². The van der Waals surface area contributed by atoms with Gasteiger partial charge in [0.05, 0.1) is 14.2 Å². The van der Waals surface area contributed by atoms with E-state index in [0.29, 0.717) is 11.1 Å². The smallest absolute Gasteiger partial charge is 0.331 e. The van der Waals surface area contributed by atoms with Crippen LogP contribution in [0.2, 0.25) is 0 Å². The van der Waals surface area contributed by atoms with Crippen LogP contribution in [0, 0.1) is 5.41 Å². The molecule has 1 rings (SSSR count). The number of carboxylic acid groups (broad SMARTS) is 1. The lowest BCUT2D eigenvalue weighted by atomic mass is 9.85. The SMILES string of the molecule is C/C=C1\CC(C(=O)OC)(C(=O)OC)C\C1=C(/C)C(=O)O. The first-order valence-electron chi connectivity index (χ1n) is 6.09. The van der Waals surface area contributed by atoms with Crippen molar-refractivity contribution in [2.24, 2.45) is 5.41 Å². The molecule has 1 N–H and O–H groups in total. The number of carbonyl (C=O) groups excluding carboxylic acids is 2. The first-order chi connectivity index (χ1) is 9.33. The van der Waals surface area contributed by atoms with Crippen molar-refractivity contribution in [2.45, 2.75) is 26.7 Å². The molecule has 0 heterocycles. The lowest BCUT2D eigenvalue weighted by Gasteiger charge is -2.21. The Bertz CT molecular complexity index is 496. The molecule has 6 heteroatoms. The maximum Gasteiger partial charge on any atom is 0.331 e. The molecule has 0 amide bonds. The van der Waals surface area contributed by atoms with Gasteiger partial charge in [-0.1, -0.05) is 6.08 Å². The Balaban J connectivity index is 3.41. The molecule has 0 aromatic rings. The van der Waals surface area contributed by atoms with E-state index in [9.17, 15) is 14.4 Å². The van der Waals surface area contributed by atoms with E-state index in [1.165, 1.54) is 21.1 Å². The standard InChI is InChI=1S/C14H18O6/c1-5-9-6-14(12(17)19-3,13(18)20-4)7-10(9)8(2)11(15)16/h5H,6-7H2,1-4H3,(H,15,16)/b9-5+,10-8-. The number of rotatable bonds is 3. The predicted molar refractivity (Wildman–Crippen MR) is 69.8 cm³/mol. The number of carbonyl (C=O) groups is 3. The van der Waals surface area contributed by atoms with E-state index in [0.717, 1.165) is 0 Å². The van der Waals surface area contributed by atoms with Crippen LogP contribution in [0.4, 0.5) is 0 Å². The summed E-state index contributed by atoms with van der Waals surface area (Å²) in [7, 11) is 2.38. The van der Waals surface area contributed by atoms with Crippen LogP contribution in [0.1, 0.15) is 26.7 Å². The van der Waals surface area contributed by atoms with Crippen LogP contribution in [0.3, 0.4) is 0 Å². The molecule has 0 bridgehead atoms. The molecule has 0 aromatic heterocycles. The van der Waals surface area contributed by atoms with Crippen molar-refractivity contribution >= 4 is 17.9 Å². The summed E-state index contributed by atoms with van der Waals surface area (Å²) < 4.78 is 9.41. The third-order valence-corrected chi connectivity index (χ3v) is 3.63. The van der Waals surface area contributed by atoms with Crippen LogP contribution < -0.4 is 0 Å². The minimum atomic E-state index is -1.49. The van der Waals surface area contributed by atoms with Crippen LogP contribution >= 0.6 is 0 Å². The molecule has 0 saturated heterocycles. The number of carboxylic acids is 1. The molecule has 0 spiro atoms. The molecule has 110 valence electrons. The Morgan fingerprint density at radius 1 is 1.15 bits per heavy atom. The second kappa shape index (κ2) is 5.90. The van der Waals surface area contributed by atoms with Crippen molar-refractivity contribution in [1.29, 1.82) is 0 Å². The third kappa shape index (κ3) is 2.45. The Morgan fingerprint density at radius 2 is 1.65 bits per heavy atom. The van der Waals surface area contributed by atoms with Crippen molar-refractivity contribution in [2.75, 3.05) is 14.2 Å². The molecular weight excluding hydrogens is 264 g/mol. The van der Waals surface area contributed by atoms with Gasteiger partial charge in [0.1, 0.15) is 0 Å². The monoisotopic (exact) mass is 282 g/mol. The van der Waals surface area contributed by atoms with Gasteiger partial charge in [-0.3, -0.25) is 9.59 Å². The fourth-order valence-electron chi connectivity index (χ4n) is 2.45. The molecule has 1 fully saturated rings. The van der Waals surface area contributed by atoms with Crippen LogP contribution in [-0.2, 0) is 23.9 Å². The average molecular weight is 282 g/mol. The van der Waals surface area contributed by atoms with Crippen molar-refractivity contribution in [3.05, 3.63) is 22.8 Å². The summed E-state index contributed by atoms with van der Waals surface area (Å²) in [5.74, 6) is -2.50. The number of hydrogen-bond acceptors (Lipinski definition) is 5. The Kier molecular flexibility index (Phi) is 4.70. The van der Waals surface area contributed by atoms with E-state index in [1.807, 2.05) is 0 Å². The Hall–Kier alpha value is -2.11. The third-order valence-electron chi connectivity index (χ3n) is 3.63. The first-order valence-corrected chi connectivity index (χ1v) is 6.09. The van der Waals surface area contributed by atoms with Gasteiger partial charge in [0.15, 0.2) is 5.41 Å². The molecule has 0 aliphatic heterocycles. The summed E-state index contributed by atoms with van der Waals surface area (Å²) in [6, 6.07) is 0. The molecule has 1 aliphatic rings. The van der Waals surface area contributed by atoms with Gasteiger partial charge in [-0.15, -0.1) is 0 Å². The highest BCUT2D eigenvalue weighted by Crippen LogP contribution is 2.47. The van der Waals surface area contributed by atoms with Gasteiger partial charge < -0.3 is 14.6 Å². The Morgan fingerprint density at radius 3 is 2.00 bits per heavy atom. The maximum atomic E-state index is 12.0. The summed E-state index contributed by atoms with van der Waals surface area (Å²) in [6.45, 7) is 3.18. The van der Waals surface area contributed by atoms with E-state index in [4.69, 9.17) is 14.6 Å². The molecule has 1 saturated carbocycles. The fourth-order valence-corrected chi connectivity index (χ4v) is 2.45. The van der Waals surface area contributed by atoms with Crippen LogP contribution in [0.15, 0.2) is 22.8 Å². The van der Waals surface area contributed by atoms with Crippen molar-refractivity contribution in [3.63, 3.8) is 0 Å². The number of aliphatic carboxylic acids is 1. The number of esters is 2. The average Bonchev–Trinajstić information content (AvgIpc) is 2.85. The lowest BCUT2D eigenvalue weighted by Crippen LogP contribution is -2.38. The molecule has 0 atom stereocenters. The largest absolute Gasteiger partial charge is 0.478 e. The highest BCUT2D eigenvalue weighted by molar-refractivity contribution is 6.02. The van der Waals surface area contributed by atoms with Crippen LogP contribution in [0.25, 0.3) is 0 Å². The van der Waals surface area contributed by atoms with Crippen LogP contribution in [0.5, 0.6) is 0 Å².